The Morgan fingerprint density at radius 1 is 1.04 bits per heavy atom. The number of nitrogens with one attached hydrogen (secondary N) is 1. The molecule has 3 rings (SSSR count). The molecule has 2 atom stereocenters. The second-order valence-corrected chi connectivity index (χ2v) is 16.3. The van der Waals surface area contributed by atoms with E-state index in [4.69, 9.17) is 4.74 Å². The zero-order valence-corrected chi connectivity index (χ0v) is 29.1. The summed E-state index contributed by atoms with van der Waals surface area (Å²) in [7, 11) is -3.39. The summed E-state index contributed by atoms with van der Waals surface area (Å²) in [6, 6.07) is 12.8. The molecule has 1 amide bonds. The van der Waals surface area contributed by atoms with Crippen LogP contribution in [0.2, 0.25) is 0 Å². The van der Waals surface area contributed by atoms with E-state index in [2.05, 4.69) is 44.8 Å². The zero-order chi connectivity index (χ0) is 33.4. The van der Waals surface area contributed by atoms with E-state index in [0.29, 0.717) is 30.2 Å². The maximum atomic E-state index is 13.6. The lowest BCUT2D eigenvalue weighted by molar-refractivity contribution is -0.139. The fourth-order valence-electron chi connectivity index (χ4n) is 6.21. The Morgan fingerprint density at radius 3 is 2.29 bits per heavy atom. The van der Waals surface area contributed by atoms with E-state index in [1.807, 2.05) is 43.3 Å². The van der Waals surface area contributed by atoms with E-state index in [-0.39, 0.29) is 29.9 Å². The van der Waals surface area contributed by atoms with E-state index in [0.717, 1.165) is 29.4 Å². The summed E-state index contributed by atoms with van der Waals surface area (Å²) in [5, 5.41) is 12.3. The van der Waals surface area contributed by atoms with Crippen LogP contribution in [0, 0.1) is 12.8 Å². The predicted octanol–water partition coefficient (Wildman–Crippen LogP) is 6.64. The first-order valence-corrected chi connectivity index (χ1v) is 18.4. The van der Waals surface area contributed by atoms with Crippen molar-refractivity contribution in [1.29, 1.82) is 0 Å². The molecule has 0 heterocycles. The van der Waals surface area contributed by atoms with Gasteiger partial charge in [0.05, 0.1) is 18.0 Å². The van der Waals surface area contributed by atoms with Crippen LogP contribution in [0.1, 0.15) is 101 Å². The third-order valence-electron chi connectivity index (χ3n) is 8.68. The van der Waals surface area contributed by atoms with Crippen molar-refractivity contribution >= 4 is 21.7 Å². The number of carboxylic acids is 1. The van der Waals surface area contributed by atoms with Crippen molar-refractivity contribution in [2.45, 2.75) is 117 Å². The van der Waals surface area contributed by atoms with Crippen LogP contribution in [0.4, 0.5) is 0 Å². The Kier molecular flexibility index (Phi) is 13.2. The smallest absolute Gasteiger partial charge is 0.326 e. The summed E-state index contributed by atoms with van der Waals surface area (Å²) in [4.78, 5) is 28.0. The lowest BCUT2D eigenvalue weighted by Gasteiger charge is -2.39. The number of benzene rings is 2. The number of amides is 1. The first kappa shape index (κ1) is 36.7. The predicted molar refractivity (Wildman–Crippen MR) is 181 cm³/mol. The molecule has 1 aliphatic rings. The number of hydrogen-bond donors (Lipinski definition) is 2. The summed E-state index contributed by atoms with van der Waals surface area (Å²) < 4.78 is 29.8. The number of aryl methyl sites for hydroxylation is 1. The van der Waals surface area contributed by atoms with Crippen molar-refractivity contribution < 1.29 is 27.9 Å². The lowest BCUT2D eigenvalue weighted by atomic mass is 9.84. The highest BCUT2D eigenvalue weighted by Gasteiger charge is 2.29. The summed E-state index contributed by atoms with van der Waals surface area (Å²) in [6.07, 6.45) is 8.36. The van der Waals surface area contributed by atoms with Gasteiger partial charge in [-0.15, -0.1) is 0 Å². The largest absolute Gasteiger partial charge is 0.480 e. The Hall–Kier alpha value is -2.75. The maximum Gasteiger partial charge on any atom is 0.326 e. The molecule has 0 spiro atoms. The van der Waals surface area contributed by atoms with Gasteiger partial charge in [0.15, 0.2) is 0 Å². The first-order chi connectivity index (χ1) is 21.0. The molecule has 1 aliphatic carbocycles. The third kappa shape index (κ3) is 11.8. The van der Waals surface area contributed by atoms with Crippen LogP contribution in [-0.4, -0.2) is 72.6 Å². The molecular formula is C36H54N2O6S. The van der Waals surface area contributed by atoms with Crippen molar-refractivity contribution in [3.63, 3.8) is 0 Å². The number of sulfone groups is 1. The highest BCUT2D eigenvalue weighted by molar-refractivity contribution is 7.90. The minimum atomic E-state index is -3.39. The minimum Gasteiger partial charge on any atom is -0.480 e. The minimum absolute atomic E-state index is 0.208. The van der Waals surface area contributed by atoms with Gasteiger partial charge < -0.3 is 15.2 Å². The molecule has 0 unspecified atom stereocenters. The Labute approximate surface area is 270 Å². The second kappa shape index (κ2) is 16.2. The Morgan fingerprint density at radius 2 is 1.71 bits per heavy atom. The molecule has 45 heavy (non-hydrogen) atoms. The molecule has 0 bridgehead atoms. The maximum absolute atomic E-state index is 13.6. The standard InChI is InChI=1S/C36H54N2O6S/c1-25(2)38(29(24-44-36(4,5)6)21-27-14-9-8-10-15-27)23-28-17-18-31(32(22-28)30-16-12-11-13-26(30)3)34(39)37-33(35(40)41)19-20-45(7,42)43/h11-13,16-18,22,25,27,29,33H,8-10,14-15,19-21,23-24H2,1-7H3,(H,37,39)(H,40,41)/t29-,33+/m1/s1. The Balaban J connectivity index is 1.97. The summed E-state index contributed by atoms with van der Waals surface area (Å²) in [6.45, 7) is 14.0. The fraction of sp³-hybridized carbons (Fsp3) is 0.611. The molecule has 1 fully saturated rings. The molecule has 2 N–H and O–H groups in total. The van der Waals surface area contributed by atoms with Crippen molar-refractivity contribution in [2.75, 3.05) is 18.6 Å². The molecule has 0 aliphatic heterocycles. The van der Waals surface area contributed by atoms with Gasteiger partial charge in [0.2, 0.25) is 0 Å². The fourth-order valence-corrected chi connectivity index (χ4v) is 6.87. The number of aliphatic carboxylic acids is 1. The molecule has 9 heteroatoms. The zero-order valence-electron chi connectivity index (χ0n) is 28.3. The van der Waals surface area contributed by atoms with Crippen LogP contribution in [0.25, 0.3) is 11.1 Å². The average molecular weight is 643 g/mol. The van der Waals surface area contributed by atoms with Gasteiger partial charge in [-0.3, -0.25) is 9.69 Å². The van der Waals surface area contributed by atoms with Crippen molar-refractivity contribution in [3.05, 3.63) is 59.2 Å². The van der Waals surface area contributed by atoms with E-state index in [9.17, 15) is 23.1 Å². The van der Waals surface area contributed by atoms with Gasteiger partial charge in [0, 0.05) is 30.4 Å². The normalized spacial score (nSPS) is 16.1. The van der Waals surface area contributed by atoms with Crippen LogP contribution >= 0.6 is 0 Å². The SMILES string of the molecule is Cc1ccccc1-c1cc(CN(C(C)C)[C@@H](COC(C)(C)C)CC2CCCCC2)ccc1C(=O)N[C@@H](CCS(C)(=O)=O)C(=O)O. The molecule has 0 radical (unpaired) electrons. The number of rotatable bonds is 15. The van der Waals surface area contributed by atoms with Crippen LogP contribution in [0.15, 0.2) is 42.5 Å². The van der Waals surface area contributed by atoms with Gasteiger partial charge in [0.25, 0.3) is 5.91 Å². The summed E-state index contributed by atoms with van der Waals surface area (Å²) in [5.74, 6) is -1.46. The lowest BCUT2D eigenvalue weighted by Crippen LogP contribution is -2.45. The van der Waals surface area contributed by atoms with Gasteiger partial charge in [0.1, 0.15) is 15.9 Å². The van der Waals surface area contributed by atoms with E-state index < -0.39 is 27.8 Å². The second-order valence-electron chi connectivity index (χ2n) is 14.1. The van der Waals surface area contributed by atoms with Crippen LogP contribution < -0.4 is 5.32 Å². The van der Waals surface area contributed by atoms with Gasteiger partial charge in [-0.1, -0.05) is 62.4 Å². The number of hydrogen-bond acceptors (Lipinski definition) is 6. The topological polar surface area (TPSA) is 113 Å². The van der Waals surface area contributed by atoms with Crippen molar-refractivity contribution in [3.8, 4) is 11.1 Å². The van der Waals surface area contributed by atoms with Gasteiger partial charge in [-0.05, 0) is 94.7 Å². The third-order valence-corrected chi connectivity index (χ3v) is 9.66. The number of carbonyl (C=O) groups excluding carboxylic acids is 1. The molecule has 250 valence electrons. The molecular weight excluding hydrogens is 588 g/mol. The number of carbonyl (C=O) groups is 2. The van der Waals surface area contributed by atoms with Crippen LogP contribution in [-0.2, 0) is 25.9 Å². The van der Waals surface area contributed by atoms with Crippen LogP contribution in [0.5, 0.6) is 0 Å². The van der Waals surface area contributed by atoms with Gasteiger partial charge in [-0.2, -0.15) is 0 Å². The monoisotopic (exact) mass is 642 g/mol. The highest BCUT2D eigenvalue weighted by atomic mass is 32.2. The summed E-state index contributed by atoms with van der Waals surface area (Å²) in [5.41, 5.74) is 3.76. The molecule has 2 aromatic rings. The Bertz CT molecular complexity index is 1390. The van der Waals surface area contributed by atoms with Crippen LogP contribution in [0.3, 0.4) is 0 Å². The molecule has 2 aromatic carbocycles. The van der Waals surface area contributed by atoms with E-state index in [1.165, 1.54) is 32.1 Å². The molecule has 0 aromatic heterocycles. The van der Waals surface area contributed by atoms with E-state index >= 15 is 0 Å². The average Bonchev–Trinajstić information content (AvgIpc) is 2.95. The number of ether oxygens (including phenoxy) is 1. The van der Waals surface area contributed by atoms with Gasteiger partial charge >= 0.3 is 5.97 Å². The number of nitrogens with zero attached hydrogens (tertiary/aromatic N) is 1. The molecule has 8 nitrogen and oxygen atoms in total. The number of carboxylic acid groups (broad SMARTS) is 1. The van der Waals surface area contributed by atoms with E-state index in [1.54, 1.807) is 6.07 Å². The quantitative estimate of drug-likeness (QED) is 0.224. The van der Waals surface area contributed by atoms with Crippen molar-refractivity contribution in [1.82, 2.24) is 10.2 Å². The first-order valence-electron chi connectivity index (χ1n) is 16.3. The summed E-state index contributed by atoms with van der Waals surface area (Å²) >= 11 is 0. The molecule has 1 saturated carbocycles. The van der Waals surface area contributed by atoms with Crippen molar-refractivity contribution in [2.24, 2.45) is 5.92 Å². The molecule has 0 saturated heterocycles. The van der Waals surface area contributed by atoms with Gasteiger partial charge in [-0.25, -0.2) is 13.2 Å². The highest BCUT2D eigenvalue weighted by Crippen LogP contribution is 2.32.